The number of rotatable bonds is 9. The molecule has 224 valence electrons. The summed E-state index contributed by atoms with van der Waals surface area (Å²) >= 11 is 6.57. The molecule has 1 amide bonds. The first-order valence-electron chi connectivity index (χ1n) is 12.3. The van der Waals surface area contributed by atoms with Crippen molar-refractivity contribution in [3.05, 3.63) is 70.9 Å². The van der Waals surface area contributed by atoms with Gasteiger partial charge in [0.1, 0.15) is 22.4 Å². The third-order valence-corrected chi connectivity index (χ3v) is 8.82. The second-order valence-electron chi connectivity index (χ2n) is 10.5. The van der Waals surface area contributed by atoms with Crippen LogP contribution in [0, 0.1) is 11.6 Å². The molecular formula is C26H31ClF2N4O6S2. The number of ether oxygens (including phenoxy) is 1. The van der Waals surface area contributed by atoms with Crippen LogP contribution in [0.5, 0.6) is 0 Å². The van der Waals surface area contributed by atoms with Gasteiger partial charge in [0.05, 0.1) is 22.8 Å². The predicted molar refractivity (Wildman–Crippen MR) is 152 cm³/mol. The minimum absolute atomic E-state index is 0.0677. The average Bonchev–Trinajstić information content (AvgIpc) is 3.13. The normalized spacial score (nSPS) is 12.4. The molecule has 2 aromatic carbocycles. The number of hydrogen-bond donors (Lipinski definition) is 2. The Balaban J connectivity index is 2.15. The van der Waals surface area contributed by atoms with Crippen LogP contribution in [0.15, 0.2) is 53.4 Å². The zero-order chi connectivity index (χ0) is 30.9. The molecule has 0 bridgehead atoms. The van der Waals surface area contributed by atoms with Crippen LogP contribution in [0.2, 0.25) is 5.15 Å². The van der Waals surface area contributed by atoms with Gasteiger partial charge in [-0.1, -0.05) is 17.7 Å². The maximum atomic E-state index is 14.9. The smallest absolute Gasteiger partial charge is 0.410 e. The fraction of sp³-hybridized carbons (Fsp3) is 0.346. The van der Waals surface area contributed by atoms with Gasteiger partial charge in [0.2, 0.25) is 0 Å². The lowest BCUT2D eigenvalue weighted by molar-refractivity contribution is 0.0285. The van der Waals surface area contributed by atoms with Gasteiger partial charge in [-0.2, -0.15) is 13.1 Å². The zero-order valence-corrected chi connectivity index (χ0v) is 25.6. The van der Waals surface area contributed by atoms with Gasteiger partial charge < -0.3 is 9.64 Å². The Hall–Kier alpha value is -3.20. The molecule has 3 aromatic rings. The molecule has 0 aliphatic heterocycles. The molecule has 15 heteroatoms. The summed E-state index contributed by atoms with van der Waals surface area (Å²) in [5.41, 5.74) is -1.26. The van der Waals surface area contributed by atoms with Crippen LogP contribution in [0.25, 0.3) is 11.3 Å². The fourth-order valence-electron chi connectivity index (χ4n) is 3.73. The van der Waals surface area contributed by atoms with Gasteiger partial charge in [0, 0.05) is 30.3 Å². The lowest BCUT2D eigenvalue weighted by Crippen LogP contribution is -2.35. The van der Waals surface area contributed by atoms with Crippen molar-refractivity contribution in [1.29, 1.82) is 0 Å². The number of amides is 1. The molecule has 3 rings (SSSR count). The number of anilines is 1. The molecule has 0 radical (unpaired) electrons. The van der Waals surface area contributed by atoms with E-state index >= 15 is 0 Å². The predicted octanol–water partition coefficient (Wildman–Crippen LogP) is 5.35. The maximum Gasteiger partial charge on any atom is 0.410 e. The minimum atomic E-state index is -4.61. The van der Waals surface area contributed by atoms with Gasteiger partial charge >= 0.3 is 6.09 Å². The van der Waals surface area contributed by atoms with E-state index in [1.807, 2.05) is 0 Å². The molecular weight excluding hydrogens is 602 g/mol. The highest BCUT2D eigenvalue weighted by atomic mass is 35.5. The van der Waals surface area contributed by atoms with Crippen LogP contribution >= 0.6 is 11.6 Å². The van der Waals surface area contributed by atoms with Crippen LogP contribution in [0.4, 0.5) is 19.3 Å². The molecule has 0 fully saturated rings. The summed E-state index contributed by atoms with van der Waals surface area (Å²) in [7, 11) is -7.22. The number of hydrogen-bond acceptors (Lipinski definition) is 6. The number of nitrogens with one attached hydrogen (secondary N) is 2. The average molecular weight is 633 g/mol. The van der Waals surface area contributed by atoms with E-state index in [0.29, 0.717) is 10.0 Å². The highest BCUT2D eigenvalue weighted by molar-refractivity contribution is 7.91. The van der Waals surface area contributed by atoms with Crippen molar-refractivity contribution in [3.8, 4) is 11.3 Å². The van der Waals surface area contributed by atoms with E-state index in [0.717, 1.165) is 23.1 Å². The maximum absolute atomic E-state index is 14.9. The molecule has 1 heterocycles. The van der Waals surface area contributed by atoms with Crippen LogP contribution in [0.1, 0.15) is 40.2 Å². The molecule has 2 N–H and O–H groups in total. The minimum Gasteiger partial charge on any atom is -0.444 e. The van der Waals surface area contributed by atoms with Gasteiger partial charge in [-0.25, -0.2) is 26.0 Å². The second-order valence-corrected chi connectivity index (χ2v) is 14.1. The van der Waals surface area contributed by atoms with Gasteiger partial charge in [-0.05, 0) is 71.0 Å². The molecule has 0 saturated carbocycles. The van der Waals surface area contributed by atoms with E-state index in [-0.39, 0.29) is 39.1 Å². The summed E-state index contributed by atoms with van der Waals surface area (Å²) in [5, 5.41) is -0.369. The number of halogens is 3. The molecule has 10 nitrogen and oxygen atoms in total. The van der Waals surface area contributed by atoms with Gasteiger partial charge in [0.15, 0.2) is 0 Å². The summed E-state index contributed by atoms with van der Waals surface area (Å²) in [6.45, 7) is 8.04. The molecule has 0 atom stereocenters. The summed E-state index contributed by atoms with van der Waals surface area (Å²) in [6, 6.07) is 8.39. The molecule has 0 spiro atoms. The van der Waals surface area contributed by atoms with Crippen LogP contribution in [0.3, 0.4) is 0 Å². The Kier molecular flexibility index (Phi) is 9.43. The zero-order valence-electron chi connectivity index (χ0n) is 23.2. The molecule has 41 heavy (non-hydrogen) atoms. The van der Waals surface area contributed by atoms with Crippen molar-refractivity contribution in [2.24, 2.45) is 0 Å². The first-order chi connectivity index (χ1) is 18.8. The Morgan fingerprint density at radius 2 is 1.73 bits per heavy atom. The molecule has 0 aliphatic rings. The van der Waals surface area contributed by atoms with Crippen LogP contribution in [-0.2, 0) is 31.5 Å². The quantitative estimate of drug-likeness (QED) is 0.328. The van der Waals surface area contributed by atoms with E-state index in [1.165, 1.54) is 31.3 Å². The van der Waals surface area contributed by atoms with Gasteiger partial charge in [-0.3, -0.25) is 4.72 Å². The first-order valence-corrected chi connectivity index (χ1v) is 15.6. The van der Waals surface area contributed by atoms with Crippen molar-refractivity contribution in [2.45, 2.75) is 57.7 Å². The van der Waals surface area contributed by atoms with E-state index in [9.17, 15) is 30.4 Å². The largest absolute Gasteiger partial charge is 0.444 e. The summed E-state index contributed by atoms with van der Waals surface area (Å²) in [6.07, 6.45) is -0.714. The highest BCUT2D eigenvalue weighted by Gasteiger charge is 2.30. The Bertz CT molecular complexity index is 1670. The van der Waals surface area contributed by atoms with Crippen molar-refractivity contribution in [2.75, 3.05) is 11.8 Å². The van der Waals surface area contributed by atoms with Crippen LogP contribution in [-0.4, -0.2) is 50.5 Å². The summed E-state index contributed by atoms with van der Waals surface area (Å²) in [4.78, 5) is 13.3. The van der Waals surface area contributed by atoms with Gasteiger partial charge in [-0.15, -0.1) is 0 Å². The molecule has 0 aliphatic carbocycles. The monoisotopic (exact) mass is 632 g/mol. The first kappa shape index (κ1) is 32.3. The molecule has 0 saturated heterocycles. The fourth-order valence-corrected chi connectivity index (χ4v) is 6.80. The summed E-state index contributed by atoms with van der Waals surface area (Å²) < 4.78 is 91.7. The number of benzene rings is 2. The van der Waals surface area contributed by atoms with Crippen molar-refractivity contribution < 1.29 is 35.1 Å². The van der Waals surface area contributed by atoms with Crippen molar-refractivity contribution in [3.63, 3.8) is 0 Å². The van der Waals surface area contributed by atoms with Crippen LogP contribution < -0.4 is 9.44 Å². The van der Waals surface area contributed by atoms with E-state index in [1.54, 1.807) is 34.6 Å². The number of aromatic nitrogens is 1. The number of carbonyl (C=O) groups is 1. The lowest BCUT2D eigenvalue weighted by atomic mass is 10.1. The lowest BCUT2D eigenvalue weighted by Gasteiger charge is -2.24. The van der Waals surface area contributed by atoms with Crippen molar-refractivity contribution in [1.82, 2.24) is 13.6 Å². The Morgan fingerprint density at radius 3 is 2.32 bits per heavy atom. The Morgan fingerprint density at radius 1 is 1.07 bits per heavy atom. The standard InChI is InChI=1S/C26H31ClF2N4O6S2/c1-16(2)30-41(37,38)31-19-8-7-9-20(14-19)40(35,36)33-23(21-11-10-18(28)13-22(21)29)12-17(24(33)27)15-32(6)25(34)39-26(3,4)5/h7-14,16,30-31H,15H2,1-6H3. The highest BCUT2D eigenvalue weighted by Crippen LogP contribution is 2.36. The van der Waals surface area contributed by atoms with Gasteiger partial charge in [0.25, 0.3) is 20.2 Å². The molecule has 1 aromatic heterocycles. The topological polar surface area (TPSA) is 127 Å². The second kappa shape index (κ2) is 12.0. The van der Waals surface area contributed by atoms with E-state index < -0.39 is 49.6 Å². The van der Waals surface area contributed by atoms with E-state index in [2.05, 4.69) is 9.44 Å². The third-order valence-electron chi connectivity index (χ3n) is 5.31. The van der Waals surface area contributed by atoms with Crippen molar-refractivity contribution >= 4 is 43.6 Å². The van der Waals surface area contributed by atoms with E-state index in [4.69, 9.17) is 16.3 Å². The Labute approximate surface area is 243 Å². The number of nitrogens with zero attached hydrogens (tertiary/aromatic N) is 2. The number of carbonyl (C=O) groups excluding carboxylic acids is 1. The summed E-state index contributed by atoms with van der Waals surface area (Å²) in [5.74, 6) is -1.93. The SMILES string of the molecule is CC(C)NS(=O)(=O)Nc1cccc(S(=O)(=O)n2c(-c3ccc(F)cc3F)cc(CN(C)C(=O)OC(C)(C)C)c2Cl)c1. The molecule has 0 unspecified atom stereocenters. The third kappa shape index (κ3) is 7.97.